The smallest absolute Gasteiger partial charge is 0.140 e. The first-order valence-corrected chi connectivity index (χ1v) is 6.55. The van der Waals surface area contributed by atoms with Crippen molar-refractivity contribution in [3.8, 4) is 0 Å². The zero-order chi connectivity index (χ0) is 12.4. The number of rotatable bonds is 3. The number of ether oxygens (including phenoxy) is 1. The molecule has 3 heterocycles. The molecule has 0 radical (unpaired) electrons. The van der Waals surface area contributed by atoms with E-state index in [2.05, 4.69) is 33.5 Å². The van der Waals surface area contributed by atoms with E-state index in [9.17, 15) is 0 Å². The summed E-state index contributed by atoms with van der Waals surface area (Å²) in [4.78, 5) is 6.94. The highest BCUT2D eigenvalue weighted by atomic mass is 16.5. The highest BCUT2D eigenvalue weighted by Gasteiger charge is 2.11. The Morgan fingerprint density at radius 3 is 2.94 bits per heavy atom. The Morgan fingerprint density at radius 1 is 1.28 bits per heavy atom. The lowest BCUT2D eigenvalue weighted by Gasteiger charge is -2.26. The fourth-order valence-electron chi connectivity index (χ4n) is 2.57. The second-order valence-electron chi connectivity index (χ2n) is 4.81. The minimum atomic E-state index is 0.865. The second-order valence-corrected chi connectivity index (χ2v) is 4.81. The molecule has 0 spiro atoms. The van der Waals surface area contributed by atoms with E-state index in [4.69, 9.17) is 4.74 Å². The van der Waals surface area contributed by atoms with Crippen molar-refractivity contribution in [1.82, 2.24) is 14.5 Å². The molecule has 96 valence electrons. The highest BCUT2D eigenvalue weighted by Crippen LogP contribution is 2.16. The van der Waals surface area contributed by atoms with E-state index in [0.717, 1.165) is 45.0 Å². The van der Waals surface area contributed by atoms with Crippen molar-refractivity contribution in [2.45, 2.75) is 13.5 Å². The molecule has 0 bridgehead atoms. The maximum Gasteiger partial charge on any atom is 0.140 e. The van der Waals surface area contributed by atoms with E-state index < -0.39 is 0 Å². The van der Waals surface area contributed by atoms with Crippen LogP contribution in [0.25, 0.3) is 11.0 Å². The first-order valence-electron chi connectivity index (χ1n) is 6.55. The van der Waals surface area contributed by atoms with Crippen LogP contribution >= 0.6 is 0 Å². The van der Waals surface area contributed by atoms with Crippen LogP contribution in [0.1, 0.15) is 5.69 Å². The van der Waals surface area contributed by atoms with Crippen molar-refractivity contribution in [2.75, 3.05) is 32.8 Å². The number of hydrogen-bond donors (Lipinski definition) is 0. The van der Waals surface area contributed by atoms with Crippen molar-refractivity contribution in [3.05, 3.63) is 30.1 Å². The highest BCUT2D eigenvalue weighted by molar-refractivity contribution is 5.77. The quantitative estimate of drug-likeness (QED) is 0.824. The first kappa shape index (κ1) is 11.7. The molecule has 4 heteroatoms. The zero-order valence-corrected chi connectivity index (χ0v) is 10.8. The van der Waals surface area contributed by atoms with Crippen LogP contribution in [0.15, 0.2) is 24.4 Å². The van der Waals surface area contributed by atoms with Crippen LogP contribution in [-0.4, -0.2) is 47.3 Å². The van der Waals surface area contributed by atoms with Gasteiger partial charge in [-0.05, 0) is 25.1 Å². The molecular weight excluding hydrogens is 226 g/mol. The molecule has 1 aliphatic heterocycles. The van der Waals surface area contributed by atoms with Gasteiger partial charge in [0.25, 0.3) is 0 Å². The van der Waals surface area contributed by atoms with Gasteiger partial charge < -0.3 is 9.30 Å². The maximum absolute atomic E-state index is 5.37. The fraction of sp³-hybridized carbons (Fsp3) is 0.500. The molecule has 0 atom stereocenters. The van der Waals surface area contributed by atoms with Crippen molar-refractivity contribution >= 4 is 11.0 Å². The number of fused-ring (bicyclic) bond motifs is 1. The van der Waals surface area contributed by atoms with Crippen LogP contribution in [0.3, 0.4) is 0 Å². The summed E-state index contributed by atoms with van der Waals surface area (Å²) in [5.74, 6) is 0. The van der Waals surface area contributed by atoms with Crippen molar-refractivity contribution < 1.29 is 4.74 Å². The Balaban J connectivity index is 1.75. The van der Waals surface area contributed by atoms with Crippen LogP contribution in [0.4, 0.5) is 0 Å². The SMILES string of the molecule is Cc1cc2cccnc2n1CCN1CCOCC1. The van der Waals surface area contributed by atoms with Gasteiger partial charge in [0.05, 0.1) is 13.2 Å². The summed E-state index contributed by atoms with van der Waals surface area (Å²) in [7, 11) is 0. The van der Waals surface area contributed by atoms with Crippen LogP contribution in [0, 0.1) is 6.92 Å². The lowest BCUT2D eigenvalue weighted by molar-refractivity contribution is 0.0365. The largest absolute Gasteiger partial charge is 0.379 e. The molecule has 0 N–H and O–H groups in total. The average molecular weight is 245 g/mol. The first-order chi connectivity index (χ1) is 8.84. The monoisotopic (exact) mass is 245 g/mol. The third-order valence-electron chi connectivity index (χ3n) is 3.61. The van der Waals surface area contributed by atoms with Gasteiger partial charge in [0.1, 0.15) is 5.65 Å². The van der Waals surface area contributed by atoms with Gasteiger partial charge in [0.15, 0.2) is 0 Å². The molecule has 1 aliphatic rings. The van der Waals surface area contributed by atoms with Gasteiger partial charge in [-0.3, -0.25) is 4.90 Å². The summed E-state index contributed by atoms with van der Waals surface area (Å²) in [5.41, 5.74) is 2.39. The van der Waals surface area contributed by atoms with Crippen LogP contribution < -0.4 is 0 Å². The summed E-state index contributed by atoms with van der Waals surface area (Å²) in [6.45, 7) is 8.06. The number of morpholine rings is 1. The zero-order valence-electron chi connectivity index (χ0n) is 10.8. The van der Waals surface area contributed by atoms with Gasteiger partial charge >= 0.3 is 0 Å². The normalized spacial score (nSPS) is 17.4. The van der Waals surface area contributed by atoms with Crippen molar-refractivity contribution in [2.24, 2.45) is 0 Å². The summed E-state index contributed by atoms with van der Waals surface area (Å²) in [6.07, 6.45) is 1.87. The summed E-state index contributed by atoms with van der Waals surface area (Å²) in [5, 5.41) is 1.23. The Labute approximate surface area is 107 Å². The van der Waals surface area contributed by atoms with E-state index >= 15 is 0 Å². The molecule has 18 heavy (non-hydrogen) atoms. The summed E-state index contributed by atoms with van der Waals surface area (Å²) < 4.78 is 7.68. The summed E-state index contributed by atoms with van der Waals surface area (Å²) >= 11 is 0. The Hall–Kier alpha value is -1.39. The van der Waals surface area contributed by atoms with Gasteiger partial charge in [0.2, 0.25) is 0 Å². The summed E-state index contributed by atoms with van der Waals surface area (Å²) in [6, 6.07) is 6.33. The van der Waals surface area contributed by atoms with Crippen LogP contribution in [0.5, 0.6) is 0 Å². The molecule has 1 saturated heterocycles. The predicted octanol–water partition coefficient (Wildman–Crippen LogP) is 1.68. The molecule has 0 aromatic carbocycles. The molecule has 3 rings (SSSR count). The predicted molar refractivity (Wildman–Crippen MR) is 71.7 cm³/mol. The topological polar surface area (TPSA) is 30.3 Å². The Morgan fingerprint density at radius 2 is 2.11 bits per heavy atom. The molecule has 1 fully saturated rings. The molecule has 0 aliphatic carbocycles. The number of aromatic nitrogens is 2. The van der Waals surface area contributed by atoms with Gasteiger partial charge in [0, 0.05) is 43.5 Å². The van der Waals surface area contributed by atoms with E-state index in [-0.39, 0.29) is 0 Å². The van der Waals surface area contributed by atoms with Crippen molar-refractivity contribution in [3.63, 3.8) is 0 Å². The standard InChI is InChI=1S/C14H19N3O/c1-12-11-13-3-2-4-15-14(13)17(12)6-5-16-7-9-18-10-8-16/h2-4,11H,5-10H2,1H3. The minimum absolute atomic E-state index is 0.865. The number of aryl methyl sites for hydroxylation is 1. The van der Waals surface area contributed by atoms with Crippen LogP contribution in [-0.2, 0) is 11.3 Å². The van der Waals surface area contributed by atoms with E-state index in [1.165, 1.54) is 11.1 Å². The fourth-order valence-corrected chi connectivity index (χ4v) is 2.57. The van der Waals surface area contributed by atoms with Gasteiger partial charge in [-0.1, -0.05) is 0 Å². The molecule has 0 amide bonds. The lowest BCUT2D eigenvalue weighted by Crippen LogP contribution is -2.38. The Kier molecular flexibility index (Phi) is 3.30. The van der Waals surface area contributed by atoms with Gasteiger partial charge in [-0.2, -0.15) is 0 Å². The average Bonchev–Trinajstić information content (AvgIpc) is 2.73. The third kappa shape index (κ3) is 2.26. The number of pyridine rings is 1. The third-order valence-corrected chi connectivity index (χ3v) is 3.61. The molecule has 2 aromatic rings. The lowest BCUT2D eigenvalue weighted by atomic mass is 10.3. The molecule has 2 aromatic heterocycles. The van der Waals surface area contributed by atoms with Gasteiger partial charge in [-0.15, -0.1) is 0 Å². The maximum atomic E-state index is 5.37. The molecular formula is C14H19N3O. The second kappa shape index (κ2) is 5.08. The number of hydrogen-bond acceptors (Lipinski definition) is 3. The van der Waals surface area contributed by atoms with E-state index in [1.54, 1.807) is 0 Å². The van der Waals surface area contributed by atoms with Gasteiger partial charge in [-0.25, -0.2) is 4.98 Å². The van der Waals surface area contributed by atoms with E-state index in [1.807, 2.05) is 12.3 Å². The van der Waals surface area contributed by atoms with E-state index in [0.29, 0.717) is 0 Å². The number of nitrogens with zero attached hydrogens (tertiary/aromatic N) is 3. The molecule has 4 nitrogen and oxygen atoms in total. The molecule has 0 unspecified atom stereocenters. The van der Waals surface area contributed by atoms with Crippen molar-refractivity contribution in [1.29, 1.82) is 0 Å². The van der Waals surface area contributed by atoms with Crippen LogP contribution in [0.2, 0.25) is 0 Å². The Bertz CT molecular complexity index is 529. The molecule has 0 saturated carbocycles. The minimum Gasteiger partial charge on any atom is -0.379 e.